The Hall–Kier alpha value is 0.470. The van der Waals surface area contributed by atoms with Gasteiger partial charge >= 0.3 is 29.6 Å². The van der Waals surface area contributed by atoms with E-state index in [0.29, 0.717) is 0 Å². The number of rotatable bonds is 0. The monoisotopic (exact) mass is 84.0 g/mol. The summed E-state index contributed by atoms with van der Waals surface area (Å²) < 4.78 is 0. The van der Waals surface area contributed by atoms with E-state index in [2.05, 4.69) is 0 Å². The van der Waals surface area contributed by atoms with Gasteiger partial charge in [0.05, 0.1) is 0 Å². The van der Waals surface area contributed by atoms with Crippen LogP contribution >= 0.6 is 0 Å². The summed E-state index contributed by atoms with van der Waals surface area (Å²) in [6, 6.07) is 0. The molecule has 0 aliphatic rings. The second-order valence-electron chi connectivity index (χ2n) is 0.492. The molecule has 0 aromatic carbocycles. The maximum Gasteiger partial charge on any atom is 1.00 e. The minimum absolute atomic E-state index is 0. The first-order chi connectivity index (χ1) is 1.73. The summed E-state index contributed by atoms with van der Waals surface area (Å²) in [6.45, 7) is 0.972. The first-order valence-electron chi connectivity index (χ1n) is 0.908. The zero-order valence-corrected chi connectivity index (χ0v) is 5.32. The average Bonchev–Trinajstić information content (AvgIpc) is 0.811. The topological polar surface area (TPSA) is 40.1 Å². The largest absolute Gasteiger partial charge is 1.00 e. The molecule has 0 fully saturated rings. The summed E-state index contributed by atoms with van der Waals surface area (Å²) in [5, 5.41) is 8.89. The maximum atomic E-state index is 8.89. The molecule has 0 N–H and O–H groups in total. The zero-order valence-electron chi connectivity index (χ0n) is 3.32. The molecule has 0 bridgehead atoms. The number of hydrogen-bond acceptors (Lipinski definition) is 2. The molecule has 0 aliphatic heterocycles. The number of aliphatic carboxylic acids is 1. The molecule has 5 heavy (non-hydrogen) atoms. The van der Waals surface area contributed by atoms with Gasteiger partial charge in [0, 0.05) is 5.97 Å². The second-order valence-corrected chi connectivity index (χ2v) is 0.492. The van der Waals surface area contributed by atoms with Gasteiger partial charge in [-0.1, -0.05) is 0 Å². The van der Waals surface area contributed by atoms with Crippen LogP contribution in [0.4, 0.5) is 0 Å². The van der Waals surface area contributed by atoms with Crippen molar-refractivity contribution >= 4 is 5.97 Å². The third-order valence-electron chi connectivity index (χ3n) is 0. The van der Waals surface area contributed by atoms with E-state index in [1.165, 1.54) is 0 Å². The number of carboxylic acids is 1. The van der Waals surface area contributed by atoms with Crippen LogP contribution in [0.5, 0.6) is 0 Å². The van der Waals surface area contributed by atoms with E-state index in [-0.39, 0.29) is 29.6 Å². The summed E-state index contributed by atoms with van der Waals surface area (Å²) in [4.78, 5) is 8.89. The second kappa shape index (κ2) is 4.47. The average molecular weight is 84.0 g/mol. The van der Waals surface area contributed by atoms with Crippen molar-refractivity contribution < 1.29 is 39.5 Å². The molecular weight excluding hydrogens is 81.0 g/mol. The Kier molecular flexibility index (Phi) is 8.11. The van der Waals surface area contributed by atoms with Crippen molar-refractivity contribution in [2.75, 3.05) is 0 Å². The van der Waals surface area contributed by atoms with Crippen LogP contribution in [0.15, 0.2) is 0 Å². The standard InChI is InChI=1S/C2H4O2.Na/c1-2(3)4;/h1H3,(H,3,4);/q;+1/p-1/i1+2;. The van der Waals surface area contributed by atoms with Gasteiger partial charge < -0.3 is 9.90 Å². The Morgan fingerprint density at radius 1 is 1.80 bits per heavy atom. The Labute approximate surface area is 52.5 Å². The summed E-state index contributed by atoms with van der Waals surface area (Å²) in [5.41, 5.74) is 0. The molecule has 0 aliphatic carbocycles. The van der Waals surface area contributed by atoms with E-state index >= 15 is 0 Å². The van der Waals surface area contributed by atoms with Crippen LogP contribution in [0.1, 0.15) is 6.92 Å². The molecule has 2 nitrogen and oxygen atoms in total. The SMILES string of the molecule is [14CH3]C(=O)[O-].[Na+]. The predicted octanol–water partition coefficient (Wildman–Crippen LogP) is -4.24. The van der Waals surface area contributed by atoms with Crippen molar-refractivity contribution in [2.24, 2.45) is 0 Å². The molecule has 0 aromatic heterocycles. The first-order valence-corrected chi connectivity index (χ1v) is 0.908. The van der Waals surface area contributed by atoms with Crippen LogP contribution in [0, 0.1) is 0 Å². The van der Waals surface area contributed by atoms with E-state index in [1.807, 2.05) is 0 Å². The van der Waals surface area contributed by atoms with Gasteiger partial charge in [0.15, 0.2) is 0 Å². The molecule has 0 radical (unpaired) electrons. The molecule has 3 heteroatoms. The van der Waals surface area contributed by atoms with E-state index in [1.54, 1.807) is 0 Å². The summed E-state index contributed by atoms with van der Waals surface area (Å²) in [6.07, 6.45) is 0. The normalized spacial score (nSPS) is 5.00. The molecule has 0 unspecified atom stereocenters. The van der Waals surface area contributed by atoms with E-state index in [0.717, 1.165) is 6.92 Å². The third kappa shape index (κ3) is 123. The van der Waals surface area contributed by atoms with Gasteiger partial charge in [0.2, 0.25) is 0 Å². The van der Waals surface area contributed by atoms with Gasteiger partial charge in [-0.3, -0.25) is 0 Å². The Morgan fingerprint density at radius 3 is 1.80 bits per heavy atom. The Balaban J connectivity index is 0. The van der Waals surface area contributed by atoms with Gasteiger partial charge in [0.1, 0.15) is 0 Å². The maximum absolute atomic E-state index is 8.89. The minimum Gasteiger partial charge on any atom is -0.550 e. The van der Waals surface area contributed by atoms with Crippen molar-refractivity contribution in [2.45, 2.75) is 6.92 Å². The summed E-state index contributed by atoms with van der Waals surface area (Å²) in [5.74, 6) is -1.08. The fourth-order valence-electron chi connectivity index (χ4n) is 0. The summed E-state index contributed by atoms with van der Waals surface area (Å²) in [7, 11) is 0. The molecule has 0 heterocycles. The fourth-order valence-corrected chi connectivity index (χ4v) is 0. The minimum atomic E-state index is -1.08. The van der Waals surface area contributed by atoms with Gasteiger partial charge in [-0.25, -0.2) is 0 Å². The molecule has 24 valence electrons. The molecule has 0 atom stereocenters. The Bertz CT molecular complexity index is 30.6. The molecule has 0 aromatic rings. The van der Waals surface area contributed by atoms with Crippen molar-refractivity contribution in [1.82, 2.24) is 0 Å². The van der Waals surface area contributed by atoms with Crippen LogP contribution in [-0.2, 0) is 4.79 Å². The van der Waals surface area contributed by atoms with Crippen LogP contribution in [0.25, 0.3) is 0 Å². The van der Waals surface area contributed by atoms with Crippen LogP contribution in [0.2, 0.25) is 0 Å². The van der Waals surface area contributed by atoms with Crippen molar-refractivity contribution in [3.8, 4) is 0 Å². The van der Waals surface area contributed by atoms with Gasteiger partial charge in [-0.2, -0.15) is 0 Å². The van der Waals surface area contributed by atoms with Crippen molar-refractivity contribution in [3.63, 3.8) is 0 Å². The number of carboxylic acid groups (broad SMARTS) is 1. The number of carbonyl (C=O) groups is 1. The molecule has 0 spiro atoms. The molecule has 0 rings (SSSR count). The third-order valence-corrected chi connectivity index (χ3v) is 0. The Morgan fingerprint density at radius 2 is 1.80 bits per heavy atom. The van der Waals surface area contributed by atoms with Crippen LogP contribution < -0.4 is 34.7 Å². The van der Waals surface area contributed by atoms with Crippen molar-refractivity contribution in [1.29, 1.82) is 0 Å². The molecule has 0 amide bonds. The van der Waals surface area contributed by atoms with Gasteiger partial charge in [0.25, 0.3) is 0 Å². The van der Waals surface area contributed by atoms with Crippen LogP contribution in [0.3, 0.4) is 0 Å². The predicted molar refractivity (Wildman–Crippen MR) is 10.7 cm³/mol. The zero-order chi connectivity index (χ0) is 3.58. The first kappa shape index (κ1) is 9.08. The van der Waals surface area contributed by atoms with E-state index in [9.17, 15) is 0 Å². The summed E-state index contributed by atoms with van der Waals surface area (Å²) >= 11 is 0. The van der Waals surface area contributed by atoms with Crippen LogP contribution in [-0.4, -0.2) is 5.97 Å². The fraction of sp³-hybridized carbons (Fsp3) is 0.500. The van der Waals surface area contributed by atoms with E-state index in [4.69, 9.17) is 9.90 Å². The van der Waals surface area contributed by atoms with Crippen molar-refractivity contribution in [3.05, 3.63) is 0 Å². The van der Waals surface area contributed by atoms with Gasteiger partial charge in [-0.15, -0.1) is 0 Å². The van der Waals surface area contributed by atoms with E-state index < -0.39 is 5.97 Å². The molecule has 0 saturated heterocycles. The number of hydrogen-bond donors (Lipinski definition) is 0. The number of carbonyl (C=O) groups excluding carboxylic acids is 1. The quantitative estimate of drug-likeness (QED) is 0.279. The smallest absolute Gasteiger partial charge is 0.550 e. The van der Waals surface area contributed by atoms with Gasteiger partial charge in [-0.05, 0) is 6.92 Å². The molecular formula is C2H3NaO2. The molecule has 0 saturated carbocycles.